The Balaban J connectivity index is 1.65. The van der Waals surface area contributed by atoms with Gasteiger partial charge >= 0.3 is 0 Å². The van der Waals surface area contributed by atoms with E-state index >= 15 is 0 Å². The van der Waals surface area contributed by atoms with Gasteiger partial charge in [-0.2, -0.15) is 0 Å². The molecule has 1 amide bonds. The van der Waals surface area contributed by atoms with Crippen LogP contribution in [0.3, 0.4) is 0 Å². The van der Waals surface area contributed by atoms with Crippen LogP contribution >= 0.6 is 0 Å². The highest BCUT2D eigenvalue weighted by Gasteiger charge is 2.23. The van der Waals surface area contributed by atoms with Gasteiger partial charge in [-0.15, -0.1) is 0 Å². The lowest BCUT2D eigenvalue weighted by Gasteiger charge is -2.14. The normalized spacial score (nSPS) is 16.5. The largest absolute Gasteiger partial charge is 0.368 e. The van der Waals surface area contributed by atoms with Gasteiger partial charge in [0.05, 0.1) is 0 Å². The maximum atomic E-state index is 12.1. The van der Waals surface area contributed by atoms with E-state index in [4.69, 9.17) is 4.74 Å². The maximum absolute atomic E-state index is 12.1. The van der Waals surface area contributed by atoms with Gasteiger partial charge in [0.1, 0.15) is 23.6 Å². The summed E-state index contributed by atoms with van der Waals surface area (Å²) in [6.07, 6.45) is 1.40. The topological polar surface area (TPSA) is 79.4 Å². The molecule has 3 rings (SSSR count). The van der Waals surface area contributed by atoms with Gasteiger partial charge in [-0.3, -0.25) is 4.79 Å². The minimum Gasteiger partial charge on any atom is -0.368 e. The maximum Gasteiger partial charge on any atom is 0.253 e. The molecule has 1 aliphatic rings. The molecule has 1 fully saturated rings. The second-order valence-electron chi connectivity index (χ2n) is 6.25. The number of rotatable bonds is 5. The van der Waals surface area contributed by atoms with Crippen molar-refractivity contribution < 1.29 is 9.53 Å². The number of hydrogen-bond acceptors (Lipinski definition) is 6. The summed E-state index contributed by atoms with van der Waals surface area (Å²) in [6.45, 7) is 2.52. The van der Waals surface area contributed by atoms with Crippen LogP contribution in [-0.4, -0.2) is 42.7 Å². The molecule has 7 heteroatoms. The summed E-state index contributed by atoms with van der Waals surface area (Å²) in [5.41, 5.74) is 1.64. The van der Waals surface area contributed by atoms with Gasteiger partial charge in [-0.1, -0.05) is 0 Å². The number of amides is 1. The van der Waals surface area contributed by atoms with Crippen molar-refractivity contribution in [3.63, 3.8) is 0 Å². The highest BCUT2D eigenvalue weighted by atomic mass is 16.5. The number of aromatic nitrogens is 2. The van der Waals surface area contributed by atoms with Crippen LogP contribution in [0.25, 0.3) is 0 Å². The summed E-state index contributed by atoms with van der Waals surface area (Å²) >= 11 is 0. The molecule has 0 saturated carbocycles. The molecule has 2 N–H and O–H groups in total. The van der Waals surface area contributed by atoms with Gasteiger partial charge < -0.3 is 20.3 Å². The van der Waals surface area contributed by atoms with E-state index in [1.165, 1.54) is 0 Å². The van der Waals surface area contributed by atoms with E-state index in [1.54, 1.807) is 0 Å². The molecule has 1 atom stereocenters. The average Bonchev–Trinajstić information content (AvgIpc) is 3.11. The number of anilines is 4. The number of benzene rings is 1. The van der Waals surface area contributed by atoms with Crippen molar-refractivity contribution in [2.75, 3.05) is 36.2 Å². The molecule has 1 aromatic carbocycles. The van der Waals surface area contributed by atoms with Gasteiger partial charge in [-0.05, 0) is 44.0 Å². The fourth-order valence-electron chi connectivity index (χ4n) is 2.64. The van der Waals surface area contributed by atoms with Crippen LogP contribution < -0.4 is 15.5 Å². The minimum atomic E-state index is -0.328. The summed E-state index contributed by atoms with van der Waals surface area (Å²) in [6, 6.07) is 9.40. The van der Waals surface area contributed by atoms with E-state index in [0.717, 1.165) is 35.9 Å². The summed E-state index contributed by atoms with van der Waals surface area (Å²) in [7, 11) is 3.88. The lowest BCUT2D eigenvalue weighted by Crippen LogP contribution is -2.26. The number of nitrogens with zero attached hydrogens (tertiary/aromatic N) is 3. The Morgan fingerprint density at radius 2 is 1.92 bits per heavy atom. The van der Waals surface area contributed by atoms with Crippen LogP contribution in [0.5, 0.6) is 0 Å². The molecule has 0 bridgehead atoms. The monoisotopic (exact) mass is 341 g/mol. The fraction of sp³-hybridized carbons (Fsp3) is 0.389. The number of carbonyl (C=O) groups excluding carboxylic acids is 1. The second-order valence-corrected chi connectivity index (χ2v) is 6.25. The van der Waals surface area contributed by atoms with Crippen molar-refractivity contribution in [2.45, 2.75) is 25.9 Å². The van der Waals surface area contributed by atoms with Crippen LogP contribution in [0.1, 0.15) is 18.7 Å². The van der Waals surface area contributed by atoms with Gasteiger partial charge in [-0.25, -0.2) is 9.97 Å². The van der Waals surface area contributed by atoms with Crippen LogP contribution in [0.2, 0.25) is 0 Å². The molecule has 25 heavy (non-hydrogen) atoms. The number of aryl methyl sites for hydroxylation is 1. The van der Waals surface area contributed by atoms with Crippen molar-refractivity contribution in [2.24, 2.45) is 0 Å². The minimum absolute atomic E-state index is 0.0831. The third-order valence-corrected chi connectivity index (χ3v) is 3.93. The third-order valence-electron chi connectivity index (χ3n) is 3.93. The Labute approximate surface area is 147 Å². The number of hydrogen-bond donors (Lipinski definition) is 2. The molecule has 1 unspecified atom stereocenters. The van der Waals surface area contributed by atoms with Gasteiger partial charge in [0.2, 0.25) is 0 Å². The Morgan fingerprint density at radius 1 is 1.20 bits per heavy atom. The van der Waals surface area contributed by atoms with E-state index < -0.39 is 0 Å². The molecule has 7 nitrogen and oxygen atoms in total. The molecule has 132 valence electrons. The van der Waals surface area contributed by atoms with Crippen molar-refractivity contribution in [3.05, 3.63) is 36.2 Å². The molecular weight excluding hydrogens is 318 g/mol. The molecule has 1 saturated heterocycles. The molecule has 1 aliphatic heterocycles. The number of carbonyl (C=O) groups is 1. The van der Waals surface area contributed by atoms with Crippen LogP contribution in [0, 0.1) is 6.92 Å². The van der Waals surface area contributed by atoms with Gasteiger partial charge in [0.25, 0.3) is 5.91 Å². The predicted molar refractivity (Wildman–Crippen MR) is 98.4 cm³/mol. The molecule has 0 spiro atoms. The first-order valence-corrected chi connectivity index (χ1v) is 8.34. The number of ether oxygens (including phenoxy) is 1. The number of nitrogens with one attached hydrogen (secondary N) is 2. The smallest absolute Gasteiger partial charge is 0.253 e. The first-order chi connectivity index (χ1) is 12.0. The zero-order valence-corrected chi connectivity index (χ0v) is 14.7. The third kappa shape index (κ3) is 4.45. The van der Waals surface area contributed by atoms with Crippen molar-refractivity contribution in [1.29, 1.82) is 0 Å². The fourth-order valence-corrected chi connectivity index (χ4v) is 2.64. The zero-order chi connectivity index (χ0) is 17.8. The van der Waals surface area contributed by atoms with Crippen LogP contribution in [0.4, 0.5) is 23.0 Å². The molecule has 0 aliphatic carbocycles. The lowest BCUT2D eigenvalue weighted by atomic mass is 10.2. The van der Waals surface area contributed by atoms with Crippen LogP contribution in [-0.2, 0) is 9.53 Å². The average molecular weight is 341 g/mol. The molecule has 0 radical (unpaired) electrons. The Morgan fingerprint density at radius 3 is 2.56 bits per heavy atom. The molecule has 1 aromatic heterocycles. The van der Waals surface area contributed by atoms with Crippen molar-refractivity contribution in [3.8, 4) is 0 Å². The van der Waals surface area contributed by atoms with Gasteiger partial charge in [0, 0.05) is 38.1 Å². The first kappa shape index (κ1) is 17.2. The zero-order valence-electron chi connectivity index (χ0n) is 14.7. The van der Waals surface area contributed by atoms with E-state index in [0.29, 0.717) is 12.4 Å². The second kappa shape index (κ2) is 7.48. The summed E-state index contributed by atoms with van der Waals surface area (Å²) in [5.74, 6) is 2.19. The Bertz CT molecular complexity index is 740. The van der Waals surface area contributed by atoms with Crippen molar-refractivity contribution >= 4 is 28.9 Å². The first-order valence-electron chi connectivity index (χ1n) is 8.34. The summed E-state index contributed by atoms with van der Waals surface area (Å²) in [4.78, 5) is 22.8. The highest BCUT2D eigenvalue weighted by molar-refractivity contribution is 5.94. The quantitative estimate of drug-likeness (QED) is 0.870. The molecular formula is C18H23N5O2. The van der Waals surface area contributed by atoms with E-state index in [2.05, 4.69) is 20.6 Å². The molecule has 2 aromatic rings. The molecule has 2 heterocycles. The Kier molecular flexibility index (Phi) is 5.14. The predicted octanol–water partition coefficient (Wildman–Crippen LogP) is 2.71. The lowest BCUT2D eigenvalue weighted by molar-refractivity contribution is -0.124. The summed E-state index contributed by atoms with van der Waals surface area (Å²) < 4.78 is 5.39. The standard InChI is InChI=1S/C18H23N5O2/c1-12-19-16(11-17(20-12)23(2)3)21-13-6-8-14(9-7-13)22-18(24)15-5-4-10-25-15/h6-9,11,15H,4-5,10H2,1-3H3,(H,22,24)(H,19,20,21). The van der Waals surface area contributed by atoms with Crippen LogP contribution in [0.15, 0.2) is 30.3 Å². The SMILES string of the molecule is Cc1nc(Nc2ccc(NC(=O)C3CCCO3)cc2)cc(N(C)C)n1. The van der Waals surface area contributed by atoms with Gasteiger partial charge in [0.15, 0.2) is 0 Å². The van der Waals surface area contributed by atoms with E-state index in [9.17, 15) is 4.79 Å². The van der Waals surface area contributed by atoms with Crippen molar-refractivity contribution in [1.82, 2.24) is 9.97 Å². The Hall–Kier alpha value is -2.67. The van der Waals surface area contributed by atoms with E-state index in [1.807, 2.05) is 56.3 Å². The van der Waals surface area contributed by atoms with E-state index in [-0.39, 0.29) is 12.0 Å². The summed E-state index contributed by atoms with van der Waals surface area (Å²) in [5, 5.41) is 6.14. The highest BCUT2D eigenvalue weighted by Crippen LogP contribution is 2.21.